The molecule has 0 aliphatic heterocycles. The topological polar surface area (TPSA) is 38.0 Å². The molecule has 1 aromatic heterocycles. The summed E-state index contributed by atoms with van der Waals surface area (Å²) in [6.07, 6.45) is 10.4. The van der Waals surface area contributed by atoms with Gasteiger partial charge in [-0.25, -0.2) is 0 Å². The van der Waals surface area contributed by atoms with Gasteiger partial charge in [-0.1, -0.05) is 32.1 Å². The highest BCUT2D eigenvalue weighted by Gasteiger charge is 2.16. The number of rotatable bonds is 4. The van der Waals surface area contributed by atoms with E-state index in [0.29, 0.717) is 0 Å². The lowest BCUT2D eigenvalue weighted by molar-refractivity contribution is 0.146. The van der Waals surface area contributed by atoms with Crippen molar-refractivity contribution in [3.05, 3.63) is 18.0 Å². The van der Waals surface area contributed by atoms with Crippen LogP contribution in [0.5, 0.6) is 0 Å². The molecule has 0 saturated heterocycles. The van der Waals surface area contributed by atoms with Gasteiger partial charge in [-0.2, -0.15) is 5.10 Å². The van der Waals surface area contributed by atoms with Gasteiger partial charge in [0.1, 0.15) is 0 Å². The van der Waals surface area contributed by atoms with E-state index in [4.69, 9.17) is 0 Å². The zero-order valence-corrected chi connectivity index (χ0v) is 10.1. The molecule has 1 atom stereocenters. The molecule has 3 heteroatoms. The van der Waals surface area contributed by atoms with Crippen molar-refractivity contribution in [2.75, 3.05) is 0 Å². The Labute approximate surface area is 97.5 Å². The minimum absolute atomic E-state index is 0.372. The summed E-state index contributed by atoms with van der Waals surface area (Å²) in [6, 6.07) is 1.91. The van der Waals surface area contributed by atoms with Crippen LogP contribution in [0.4, 0.5) is 0 Å². The molecular formula is C13H22N2O. The smallest absolute Gasteiger partial charge is 0.0978 e. The molecule has 90 valence electrons. The first-order chi connectivity index (χ1) is 7.75. The highest BCUT2D eigenvalue weighted by Crippen LogP contribution is 2.29. The molecule has 1 aliphatic rings. The van der Waals surface area contributed by atoms with E-state index in [-0.39, 0.29) is 6.10 Å². The summed E-state index contributed by atoms with van der Waals surface area (Å²) < 4.78 is 1.75. The van der Waals surface area contributed by atoms with Crippen molar-refractivity contribution < 1.29 is 5.11 Å². The van der Waals surface area contributed by atoms with Crippen molar-refractivity contribution in [3.63, 3.8) is 0 Å². The summed E-state index contributed by atoms with van der Waals surface area (Å²) in [5.74, 6) is 0.840. The molecule has 1 unspecified atom stereocenters. The Kier molecular flexibility index (Phi) is 3.99. The average molecular weight is 222 g/mol. The van der Waals surface area contributed by atoms with Gasteiger partial charge in [0, 0.05) is 13.2 Å². The standard InChI is InChI=1S/C13H22N2O/c1-15-10-9-12(14-15)13(16)8-7-11-5-3-2-4-6-11/h9-11,13,16H,2-8H2,1H3. The Bertz CT molecular complexity index is 315. The van der Waals surface area contributed by atoms with Crippen molar-refractivity contribution in [2.45, 2.75) is 51.0 Å². The van der Waals surface area contributed by atoms with E-state index in [2.05, 4.69) is 5.10 Å². The fourth-order valence-corrected chi connectivity index (χ4v) is 2.63. The second kappa shape index (κ2) is 5.48. The monoisotopic (exact) mass is 222 g/mol. The first-order valence-electron chi connectivity index (χ1n) is 6.43. The van der Waals surface area contributed by atoms with Crippen LogP contribution in [0.3, 0.4) is 0 Å². The molecule has 1 heterocycles. The van der Waals surface area contributed by atoms with Gasteiger partial charge in [-0.3, -0.25) is 4.68 Å². The summed E-state index contributed by atoms with van der Waals surface area (Å²) in [7, 11) is 1.89. The predicted octanol–water partition coefficient (Wildman–Crippen LogP) is 2.81. The van der Waals surface area contributed by atoms with Gasteiger partial charge in [0.25, 0.3) is 0 Å². The molecule has 0 spiro atoms. The molecule has 0 aromatic carbocycles. The molecule has 1 aliphatic carbocycles. The zero-order chi connectivity index (χ0) is 11.4. The van der Waals surface area contributed by atoms with Gasteiger partial charge in [0.15, 0.2) is 0 Å². The van der Waals surface area contributed by atoms with Crippen LogP contribution in [0.15, 0.2) is 12.3 Å². The van der Waals surface area contributed by atoms with Crippen molar-refractivity contribution >= 4 is 0 Å². The Balaban J connectivity index is 1.76. The quantitative estimate of drug-likeness (QED) is 0.850. The third-order valence-electron chi connectivity index (χ3n) is 3.65. The van der Waals surface area contributed by atoms with E-state index in [9.17, 15) is 5.11 Å². The summed E-state index contributed by atoms with van der Waals surface area (Å²) in [5.41, 5.74) is 0.818. The van der Waals surface area contributed by atoms with Gasteiger partial charge >= 0.3 is 0 Å². The zero-order valence-electron chi connectivity index (χ0n) is 10.1. The van der Waals surface area contributed by atoms with Crippen molar-refractivity contribution in [1.82, 2.24) is 9.78 Å². The lowest BCUT2D eigenvalue weighted by atomic mass is 9.85. The van der Waals surface area contributed by atoms with E-state index >= 15 is 0 Å². The first kappa shape index (κ1) is 11.6. The number of hydrogen-bond acceptors (Lipinski definition) is 2. The number of nitrogens with zero attached hydrogens (tertiary/aromatic N) is 2. The first-order valence-corrected chi connectivity index (χ1v) is 6.43. The normalized spacial score (nSPS) is 19.9. The Morgan fingerprint density at radius 3 is 2.81 bits per heavy atom. The van der Waals surface area contributed by atoms with Crippen LogP contribution in [-0.4, -0.2) is 14.9 Å². The number of aliphatic hydroxyl groups excluding tert-OH is 1. The second-order valence-electron chi connectivity index (χ2n) is 5.01. The third kappa shape index (κ3) is 3.08. The van der Waals surface area contributed by atoms with Crippen LogP contribution in [0.2, 0.25) is 0 Å². The minimum atomic E-state index is -0.372. The number of aromatic nitrogens is 2. The Hall–Kier alpha value is -0.830. The van der Waals surface area contributed by atoms with E-state index < -0.39 is 0 Å². The van der Waals surface area contributed by atoms with Gasteiger partial charge in [-0.05, 0) is 24.8 Å². The molecule has 1 aromatic rings. The minimum Gasteiger partial charge on any atom is -0.387 e. The number of aliphatic hydroxyl groups is 1. The van der Waals surface area contributed by atoms with Crippen LogP contribution >= 0.6 is 0 Å². The molecule has 0 amide bonds. The maximum absolute atomic E-state index is 9.99. The summed E-state index contributed by atoms with van der Waals surface area (Å²) in [6.45, 7) is 0. The van der Waals surface area contributed by atoms with E-state index in [1.54, 1.807) is 4.68 Å². The van der Waals surface area contributed by atoms with Crippen molar-refractivity contribution in [1.29, 1.82) is 0 Å². The molecule has 16 heavy (non-hydrogen) atoms. The maximum atomic E-state index is 9.99. The number of aryl methyl sites for hydroxylation is 1. The largest absolute Gasteiger partial charge is 0.387 e. The Morgan fingerprint density at radius 2 is 2.19 bits per heavy atom. The molecular weight excluding hydrogens is 200 g/mol. The van der Waals surface area contributed by atoms with Gasteiger partial charge < -0.3 is 5.11 Å². The third-order valence-corrected chi connectivity index (χ3v) is 3.65. The van der Waals surface area contributed by atoms with E-state index in [1.807, 2.05) is 19.3 Å². The molecule has 0 bridgehead atoms. The molecule has 2 rings (SSSR count). The molecule has 3 nitrogen and oxygen atoms in total. The predicted molar refractivity (Wildman–Crippen MR) is 64.0 cm³/mol. The maximum Gasteiger partial charge on any atom is 0.0978 e. The van der Waals surface area contributed by atoms with Crippen LogP contribution in [0.25, 0.3) is 0 Å². The van der Waals surface area contributed by atoms with Crippen LogP contribution in [-0.2, 0) is 7.05 Å². The second-order valence-corrected chi connectivity index (χ2v) is 5.01. The SMILES string of the molecule is Cn1ccc(C(O)CCC2CCCCC2)n1. The molecule has 1 fully saturated rings. The van der Waals surface area contributed by atoms with Gasteiger partial charge in [0.2, 0.25) is 0 Å². The summed E-state index contributed by atoms with van der Waals surface area (Å²) >= 11 is 0. The van der Waals surface area contributed by atoms with Gasteiger partial charge in [0.05, 0.1) is 11.8 Å². The number of hydrogen-bond donors (Lipinski definition) is 1. The Morgan fingerprint density at radius 1 is 1.44 bits per heavy atom. The van der Waals surface area contributed by atoms with E-state index in [0.717, 1.165) is 24.5 Å². The fraction of sp³-hybridized carbons (Fsp3) is 0.769. The van der Waals surface area contributed by atoms with E-state index in [1.165, 1.54) is 32.1 Å². The van der Waals surface area contributed by atoms with Crippen LogP contribution in [0.1, 0.15) is 56.7 Å². The summed E-state index contributed by atoms with van der Waals surface area (Å²) in [4.78, 5) is 0. The molecule has 1 saturated carbocycles. The highest BCUT2D eigenvalue weighted by atomic mass is 16.3. The lowest BCUT2D eigenvalue weighted by Gasteiger charge is -2.22. The van der Waals surface area contributed by atoms with Crippen molar-refractivity contribution in [3.8, 4) is 0 Å². The molecule has 0 radical (unpaired) electrons. The van der Waals surface area contributed by atoms with Crippen molar-refractivity contribution in [2.24, 2.45) is 13.0 Å². The van der Waals surface area contributed by atoms with Gasteiger partial charge in [-0.15, -0.1) is 0 Å². The fourth-order valence-electron chi connectivity index (χ4n) is 2.63. The molecule has 1 N–H and O–H groups in total. The van der Waals surface area contributed by atoms with Crippen LogP contribution in [0, 0.1) is 5.92 Å². The average Bonchev–Trinajstić information content (AvgIpc) is 2.74. The summed E-state index contributed by atoms with van der Waals surface area (Å²) in [5, 5.41) is 14.2. The highest BCUT2D eigenvalue weighted by molar-refractivity contribution is 5.02. The van der Waals surface area contributed by atoms with Crippen LogP contribution < -0.4 is 0 Å². The lowest BCUT2D eigenvalue weighted by Crippen LogP contribution is -2.09.